The lowest BCUT2D eigenvalue weighted by Crippen LogP contribution is -2.30. The van der Waals surface area contributed by atoms with Crippen molar-refractivity contribution in [2.24, 2.45) is 0 Å². The summed E-state index contributed by atoms with van der Waals surface area (Å²) in [5, 5.41) is 12.1. The van der Waals surface area contributed by atoms with E-state index in [1.807, 2.05) is 19.1 Å². The van der Waals surface area contributed by atoms with Crippen LogP contribution in [0.25, 0.3) is 0 Å². The first-order valence-corrected chi connectivity index (χ1v) is 7.11. The largest absolute Gasteiger partial charge is 0.481 e. The Kier molecular flexibility index (Phi) is 5.03. The van der Waals surface area contributed by atoms with Gasteiger partial charge in [0.05, 0.1) is 11.6 Å². The summed E-state index contributed by atoms with van der Waals surface area (Å²) in [4.78, 5) is 12.2. The van der Waals surface area contributed by atoms with Crippen LogP contribution >= 0.6 is 11.6 Å². The van der Waals surface area contributed by atoms with E-state index in [2.05, 4.69) is 5.32 Å². The van der Waals surface area contributed by atoms with E-state index in [4.69, 9.17) is 21.6 Å². The molecule has 0 aliphatic carbocycles. The van der Waals surface area contributed by atoms with Crippen LogP contribution in [-0.2, 0) is 4.79 Å². The molecule has 1 N–H and O–H groups in total. The van der Waals surface area contributed by atoms with Gasteiger partial charge in [0.2, 0.25) is 0 Å². The number of nitrogens with zero attached hydrogens (tertiary/aromatic N) is 1. The van der Waals surface area contributed by atoms with Crippen LogP contribution in [0.15, 0.2) is 42.5 Å². The molecule has 0 aliphatic heterocycles. The fourth-order valence-corrected chi connectivity index (χ4v) is 2.00. The number of amides is 1. The summed E-state index contributed by atoms with van der Waals surface area (Å²) in [6.07, 6.45) is -0.675. The predicted molar refractivity (Wildman–Crippen MR) is 86.1 cm³/mol. The van der Waals surface area contributed by atoms with Crippen LogP contribution in [-0.4, -0.2) is 12.0 Å². The third-order valence-electron chi connectivity index (χ3n) is 3.12. The van der Waals surface area contributed by atoms with Crippen molar-refractivity contribution in [3.63, 3.8) is 0 Å². The van der Waals surface area contributed by atoms with Crippen LogP contribution in [0, 0.1) is 18.3 Å². The van der Waals surface area contributed by atoms with E-state index in [9.17, 15) is 4.79 Å². The van der Waals surface area contributed by atoms with Crippen LogP contribution in [0.3, 0.4) is 0 Å². The van der Waals surface area contributed by atoms with Crippen molar-refractivity contribution in [2.75, 3.05) is 5.32 Å². The molecule has 1 atom stereocenters. The lowest BCUT2D eigenvalue weighted by molar-refractivity contribution is -0.122. The Balaban J connectivity index is 2.02. The van der Waals surface area contributed by atoms with Gasteiger partial charge in [-0.2, -0.15) is 5.26 Å². The number of halogens is 1. The lowest BCUT2D eigenvalue weighted by Gasteiger charge is -2.16. The Hall–Kier alpha value is -2.51. The maximum Gasteiger partial charge on any atom is 0.265 e. The molecule has 2 rings (SSSR count). The van der Waals surface area contributed by atoms with Gasteiger partial charge in [-0.05, 0) is 55.8 Å². The molecule has 2 aromatic rings. The zero-order valence-electron chi connectivity index (χ0n) is 12.3. The molecule has 2 aromatic carbocycles. The summed E-state index contributed by atoms with van der Waals surface area (Å²) >= 11 is 5.93. The number of carbonyl (C=O) groups excluding carboxylic acids is 1. The average Bonchev–Trinajstić information content (AvgIpc) is 2.51. The number of benzene rings is 2. The normalized spacial score (nSPS) is 11.4. The molecule has 0 bridgehead atoms. The highest BCUT2D eigenvalue weighted by Gasteiger charge is 2.16. The number of ether oxygens (including phenoxy) is 1. The molecule has 4 nitrogen and oxygen atoms in total. The molecule has 0 radical (unpaired) electrons. The molecule has 1 unspecified atom stereocenters. The van der Waals surface area contributed by atoms with Gasteiger partial charge in [-0.1, -0.05) is 17.7 Å². The number of nitriles is 1. The molecule has 1 amide bonds. The van der Waals surface area contributed by atoms with Crippen molar-refractivity contribution in [3.05, 3.63) is 58.6 Å². The van der Waals surface area contributed by atoms with Crippen molar-refractivity contribution in [1.82, 2.24) is 0 Å². The standard InChI is InChI=1S/C17H15ClN2O2/c1-11-3-6-14(18)9-16(11)20-17(21)12(2)22-15-7-4-13(10-19)5-8-15/h3-9,12H,1-2H3,(H,20,21). The summed E-state index contributed by atoms with van der Waals surface area (Å²) in [5.74, 6) is 0.263. The molecule has 0 fully saturated rings. The molecule has 0 saturated carbocycles. The van der Waals surface area contributed by atoms with Gasteiger partial charge < -0.3 is 10.1 Å². The molecule has 5 heteroatoms. The minimum absolute atomic E-state index is 0.269. The Labute approximate surface area is 134 Å². The van der Waals surface area contributed by atoms with E-state index in [0.717, 1.165) is 5.56 Å². The summed E-state index contributed by atoms with van der Waals surface area (Å²) < 4.78 is 5.56. The van der Waals surface area contributed by atoms with E-state index in [1.54, 1.807) is 43.3 Å². The van der Waals surface area contributed by atoms with Gasteiger partial charge in [0.1, 0.15) is 5.75 Å². The molecule has 0 saturated heterocycles. The monoisotopic (exact) mass is 314 g/mol. The topological polar surface area (TPSA) is 62.1 Å². The van der Waals surface area contributed by atoms with Gasteiger partial charge in [-0.3, -0.25) is 4.79 Å². The minimum Gasteiger partial charge on any atom is -0.481 e. The van der Waals surface area contributed by atoms with Crippen LogP contribution in [0.1, 0.15) is 18.1 Å². The second-order valence-corrected chi connectivity index (χ2v) is 5.28. The second kappa shape index (κ2) is 6.97. The number of anilines is 1. The van der Waals surface area contributed by atoms with E-state index in [-0.39, 0.29) is 5.91 Å². The molecular weight excluding hydrogens is 300 g/mol. The quantitative estimate of drug-likeness (QED) is 0.930. The first-order valence-electron chi connectivity index (χ1n) is 6.73. The number of hydrogen-bond donors (Lipinski definition) is 1. The van der Waals surface area contributed by atoms with Crippen LogP contribution in [0.5, 0.6) is 5.75 Å². The van der Waals surface area contributed by atoms with Gasteiger partial charge >= 0.3 is 0 Å². The predicted octanol–water partition coefficient (Wildman–Crippen LogP) is 3.93. The number of carbonyl (C=O) groups is 1. The van der Waals surface area contributed by atoms with E-state index in [0.29, 0.717) is 22.0 Å². The van der Waals surface area contributed by atoms with Gasteiger partial charge in [0.15, 0.2) is 6.10 Å². The average molecular weight is 315 g/mol. The molecule has 0 aliphatic rings. The number of aryl methyl sites for hydroxylation is 1. The summed E-state index contributed by atoms with van der Waals surface area (Å²) in [5.41, 5.74) is 2.12. The van der Waals surface area contributed by atoms with Crippen LogP contribution in [0.4, 0.5) is 5.69 Å². The summed E-state index contributed by atoms with van der Waals surface area (Å²) in [7, 11) is 0. The highest BCUT2D eigenvalue weighted by Crippen LogP contribution is 2.21. The molecule has 0 heterocycles. The Morgan fingerprint density at radius 1 is 1.27 bits per heavy atom. The van der Waals surface area contributed by atoms with Crippen LogP contribution in [0.2, 0.25) is 5.02 Å². The third-order valence-corrected chi connectivity index (χ3v) is 3.36. The first kappa shape index (κ1) is 15.9. The van der Waals surface area contributed by atoms with Crippen molar-refractivity contribution in [1.29, 1.82) is 5.26 Å². The van der Waals surface area contributed by atoms with E-state index < -0.39 is 6.10 Å². The number of hydrogen-bond acceptors (Lipinski definition) is 3. The Bertz CT molecular complexity index is 720. The van der Waals surface area contributed by atoms with Gasteiger partial charge in [0.25, 0.3) is 5.91 Å². The van der Waals surface area contributed by atoms with E-state index >= 15 is 0 Å². The highest BCUT2D eigenvalue weighted by atomic mass is 35.5. The lowest BCUT2D eigenvalue weighted by atomic mass is 10.2. The maximum absolute atomic E-state index is 12.2. The summed E-state index contributed by atoms with van der Waals surface area (Å²) in [6.45, 7) is 3.55. The minimum atomic E-state index is -0.675. The molecule has 112 valence electrons. The van der Waals surface area contributed by atoms with Crippen molar-refractivity contribution in [2.45, 2.75) is 20.0 Å². The Morgan fingerprint density at radius 3 is 2.59 bits per heavy atom. The van der Waals surface area contributed by atoms with Gasteiger partial charge in [0, 0.05) is 10.7 Å². The smallest absolute Gasteiger partial charge is 0.265 e. The molecular formula is C17H15ClN2O2. The molecule has 22 heavy (non-hydrogen) atoms. The zero-order chi connectivity index (χ0) is 16.1. The first-order chi connectivity index (χ1) is 10.5. The number of rotatable bonds is 4. The highest BCUT2D eigenvalue weighted by molar-refractivity contribution is 6.31. The van der Waals surface area contributed by atoms with E-state index in [1.165, 1.54) is 0 Å². The molecule has 0 spiro atoms. The number of nitrogens with one attached hydrogen (secondary N) is 1. The summed E-state index contributed by atoms with van der Waals surface area (Å²) in [6, 6.07) is 13.9. The second-order valence-electron chi connectivity index (χ2n) is 4.84. The fraction of sp³-hybridized carbons (Fsp3) is 0.176. The van der Waals surface area contributed by atoms with Crippen LogP contribution < -0.4 is 10.1 Å². The maximum atomic E-state index is 12.2. The van der Waals surface area contributed by atoms with Gasteiger partial charge in [-0.25, -0.2) is 0 Å². The van der Waals surface area contributed by atoms with Crippen molar-refractivity contribution >= 4 is 23.2 Å². The van der Waals surface area contributed by atoms with Gasteiger partial charge in [-0.15, -0.1) is 0 Å². The fourth-order valence-electron chi connectivity index (χ4n) is 1.83. The van der Waals surface area contributed by atoms with Crippen molar-refractivity contribution in [3.8, 4) is 11.8 Å². The SMILES string of the molecule is Cc1ccc(Cl)cc1NC(=O)C(C)Oc1ccc(C#N)cc1. The zero-order valence-corrected chi connectivity index (χ0v) is 13.0. The third kappa shape index (κ3) is 4.00. The Morgan fingerprint density at radius 2 is 1.95 bits per heavy atom. The molecule has 0 aromatic heterocycles. The van der Waals surface area contributed by atoms with Crippen molar-refractivity contribution < 1.29 is 9.53 Å².